The Morgan fingerprint density at radius 2 is 2.10 bits per heavy atom. The van der Waals surface area contributed by atoms with Gasteiger partial charge in [-0.3, -0.25) is 0 Å². The van der Waals surface area contributed by atoms with E-state index in [2.05, 4.69) is 22.2 Å². The fraction of sp³-hybridized carbons (Fsp3) is 0.333. The lowest BCUT2D eigenvalue weighted by atomic mass is 10.2. The van der Waals surface area contributed by atoms with E-state index in [1.807, 2.05) is 30.5 Å². The van der Waals surface area contributed by atoms with Gasteiger partial charge in [-0.1, -0.05) is 30.7 Å². The van der Waals surface area contributed by atoms with Crippen LogP contribution in [0.5, 0.6) is 0 Å². The summed E-state index contributed by atoms with van der Waals surface area (Å²) in [6.45, 7) is 3.58. The number of hydrogen-bond acceptors (Lipinski definition) is 4. The smallest absolute Gasteiger partial charge is 0.161 e. The van der Waals surface area contributed by atoms with Gasteiger partial charge in [-0.15, -0.1) is 0 Å². The molecule has 2 rings (SSSR count). The Balaban J connectivity index is 2.27. The Kier molecular flexibility index (Phi) is 5.32. The van der Waals surface area contributed by atoms with Crippen molar-refractivity contribution in [3.63, 3.8) is 0 Å². The van der Waals surface area contributed by atoms with Gasteiger partial charge in [-0.2, -0.15) is 0 Å². The van der Waals surface area contributed by atoms with Crippen LogP contribution in [-0.2, 0) is 6.42 Å². The number of nitrogens with two attached hydrogens (primary N) is 1. The zero-order valence-corrected chi connectivity index (χ0v) is 12.3. The number of benzene rings is 1. The van der Waals surface area contributed by atoms with Crippen LogP contribution in [0.3, 0.4) is 0 Å². The summed E-state index contributed by atoms with van der Waals surface area (Å²) in [5.41, 5.74) is 8.31. The number of aromatic nitrogens is 2. The summed E-state index contributed by atoms with van der Waals surface area (Å²) in [6, 6.07) is 7.61. The molecule has 0 aliphatic heterocycles. The van der Waals surface area contributed by atoms with Crippen LogP contribution in [0, 0.1) is 0 Å². The number of halogens is 1. The summed E-state index contributed by atoms with van der Waals surface area (Å²) in [4.78, 5) is 9.02. The largest absolute Gasteiger partial charge is 0.382 e. The van der Waals surface area contributed by atoms with Gasteiger partial charge in [0.1, 0.15) is 0 Å². The molecule has 5 heteroatoms. The van der Waals surface area contributed by atoms with Crippen molar-refractivity contribution < 1.29 is 0 Å². The first-order valence-corrected chi connectivity index (χ1v) is 7.18. The molecule has 1 heterocycles. The van der Waals surface area contributed by atoms with Gasteiger partial charge in [-0.05, 0) is 31.5 Å². The number of rotatable bonds is 6. The molecule has 0 radical (unpaired) electrons. The molecule has 0 spiro atoms. The summed E-state index contributed by atoms with van der Waals surface area (Å²) < 4.78 is 0. The monoisotopic (exact) mass is 290 g/mol. The van der Waals surface area contributed by atoms with E-state index in [0.717, 1.165) is 36.3 Å². The van der Waals surface area contributed by atoms with Crippen molar-refractivity contribution in [1.82, 2.24) is 9.97 Å². The van der Waals surface area contributed by atoms with E-state index in [9.17, 15) is 0 Å². The molecule has 2 aromatic rings. The van der Waals surface area contributed by atoms with Gasteiger partial charge in [0.05, 0.1) is 22.6 Å². The Labute approximate surface area is 124 Å². The number of aryl methyl sites for hydroxylation is 1. The van der Waals surface area contributed by atoms with Gasteiger partial charge in [0, 0.05) is 12.1 Å². The number of nitrogens with zero attached hydrogens (tertiary/aromatic N) is 2. The lowest BCUT2D eigenvalue weighted by molar-refractivity contribution is 0.867. The van der Waals surface area contributed by atoms with Crippen LogP contribution in [0.1, 0.15) is 19.0 Å². The van der Waals surface area contributed by atoms with Crippen molar-refractivity contribution in [2.75, 3.05) is 18.4 Å². The third kappa shape index (κ3) is 3.46. The third-order valence-corrected chi connectivity index (χ3v) is 3.34. The molecule has 20 heavy (non-hydrogen) atoms. The highest BCUT2D eigenvalue weighted by Crippen LogP contribution is 2.26. The van der Waals surface area contributed by atoms with Crippen molar-refractivity contribution in [2.24, 2.45) is 5.73 Å². The van der Waals surface area contributed by atoms with Crippen LogP contribution in [0.2, 0.25) is 5.02 Å². The zero-order chi connectivity index (χ0) is 14.4. The Hall–Kier alpha value is -1.65. The van der Waals surface area contributed by atoms with Crippen LogP contribution in [0.15, 0.2) is 30.5 Å². The molecule has 0 fully saturated rings. The normalized spacial score (nSPS) is 10.6. The molecule has 0 saturated carbocycles. The minimum absolute atomic E-state index is 0.664. The van der Waals surface area contributed by atoms with Crippen molar-refractivity contribution in [3.05, 3.63) is 41.2 Å². The predicted molar refractivity (Wildman–Crippen MR) is 84.0 cm³/mol. The van der Waals surface area contributed by atoms with Crippen molar-refractivity contribution in [3.8, 4) is 11.4 Å². The number of nitrogens with one attached hydrogen (secondary N) is 1. The highest BCUT2D eigenvalue weighted by molar-refractivity contribution is 6.33. The fourth-order valence-electron chi connectivity index (χ4n) is 1.93. The summed E-state index contributed by atoms with van der Waals surface area (Å²) in [5.74, 6) is 0.664. The minimum Gasteiger partial charge on any atom is -0.382 e. The van der Waals surface area contributed by atoms with E-state index >= 15 is 0 Å². The standard InChI is InChI=1S/C15H19ClN4/c1-2-13-14(18-9-5-8-17)10-19-15(20-13)11-6-3-4-7-12(11)16/h3-4,6-7,10,18H,2,5,8-9,17H2,1H3. The Bertz CT molecular complexity index is 572. The Morgan fingerprint density at radius 1 is 1.30 bits per heavy atom. The first-order valence-electron chi connectivity index (χ1n) is 6.81. The van der Waals surface area contributed by atoms with Crippen LogP contribution in [0.4, 0.5) is 5.69 Å². The molecule has 0 bridgehead atoms. The SMILES string of the molecule is CCc1nc(-c2ccccc2Cl)ncc1NCCCN. The molecule has 106 valence electrons. The summed E-state index contributed by atoms with van der Waals surface area (Å²) in [7, 11) is 0. The molecular weight excluding hydrogens is 272 g/mol. The molecule has 0 aliphatic rings. The first kappa shape index (κ1) is 14.8. The number of anilines is 1. The summed E-state index contributed by atoms with van der Waals surface area (Å²) in [6.07, 6.45) is 3.58. The molecule has 4 nitrogen and oxygen atoms in total. The van der Waals surface area contributed by atoms with Gasteiger partial charge in [0.2, 0.25) is 0 Å². The van der Waals surface area contributed by atoms with Gasteiger partial charge in [-0.25, -0.2) is 9.97 Å². The van der Waals surface area contributed by atoms with Crippen LogP contribution in [-0.4, -0.2) is 23.1 Å². The molecular formula is C15H19ClN4. The Morgan fingerprint density at radius 3 is 2.80 bits per heavy atom. The van der Waals surface area contributed by atoms with Gasteiger partial charge in [0.15, 0.2) is 5.82 Å². The van der Waals surface area contributed by atoms with Crippen molar-refractivity contribution in [2.45, 2.75) is 19.8 Å². The quantitative estimate of drug-likeness (QED) is 0.802. The van der Waals surface area contributed by atoms with Crippen molar-refractivity contribution in [1.29, 1.82) is 0 Å². The number of hydrogen-bond donors (Lipinski definition) is 2. The average Bonchev–Trinajstić information content (AvgIpc) is 2.48. The van der Waals surface area contributed by atoms with E-state index in [1.54, 1.807) is 0 Å². The molecule has 0 saturated heterocycles. The van der Waals surface area contributed by atoms with Gasteiger partial charge < -0.3 is 11.1 Å². The average molecular weight is 291 g/mol. The van der Waals surface area contributed by atoms with Crippen molar-refractivity contribution >= 4 is 17.3 Å². The second kappa shape index (κ2) is 7.22. The predicted octanol–water partition coefficient (Wildman–Crippen LogP) is 3.12. The highest BCUT2D eigenvalue weighted by atomic mass is 35.5. The van der Waals surface area contributed by atoms with E-state index in [4.69, 9.17) is 17.3 Å². The molecule has 3 N–H and O–H groups in total. The van der Waals surface area contributed by atoms with Crippen LogP contribution >= 0.6 is 11.6 Å². The molecule has 0 amide bonds. The van der Waals surface area contributed by atoms with E-state index in [-0.39, 0.29) is 0 Å². The molecule has 0 unspecified atom stereocenters. The summed E-state index contributed by atoms with van der Waals surface area (Å²) >= 11 is 6.19. The summed E-state index contributed by atoms with van der Waals surface area (Å²) in [5, 5.41) is 3.99. The first-order chi connectivity index (χ1) is 9.76. The van der Waals surface area contributed by atoms with Crippen LogP contribution in [0.25, 0.3) is 11.4 Å². The molecule has 0 atom stereocenters. The zero-order valence-electron chi connectivity index (χ0n) is 11.6. The van der Waals surface area contributed by atoms with E-state index in [0.29, 0.717) is 17.4 Å². The maximum absolute atomic E-state index is 6.19. The topological polar surface area (TPSA) is 63.8 Å². The second-order valence-corrected chi connectivity index (χ2v) is 4.86. The molecule has 1 aromatic carbocycles. The minimum atomic E-state index is 0.664. The maximum Gasteiger partial charge on any atom is 0.161 e. The maximum atomic E-state index is 6.19. The van der Waals surface area contributed by atoms with E-state index < -0.39 is 0 Å². The van der Waals surface area contributed by atoms with Gasteiger partial charge >= 0.3 is 0 Å². The molecule has 1 aromatic heterocycles. The fourth-order valence-corrected chi connectivity index (χ4v) is 2.15. The lowest BCUT2D eigenvalue weighted by Gasteiger charge is -2.11. The third-order valence-electron chi connectivity index (χ3n) is 3.01. The second-order valence-electron chi connectivity index (χ2n) is 4.46. The lowest BCUT2D eigenvalue weighted by Crippen LogP contribution is -2.11. The van der Waals surface area contributed by atoms with Gasteiger partial charge in [0.25, 0.3) is 0 Å². The molecule has 0 aliphatic carbocycles. The van der Waals surface area contributed by atoms with E-state index in [1.165, 1.54) is 0 Å². The van der Waals surface area contributed by atoms with Crippen LogP contribution < -0.4 is 11.1 Å². The highest BCUT2D eigenvalue weighted by Gasteiger charge is 2.09.